The Hall–Kier alpha value is -6.72. The molecule has 0 N–H and O–H groups in total. The number of rotatable bonds is 7. The molecule has 0 aliphatic rings. The van der Waals surface area contributed by atoms with E-state index in [4.69, 9.17) is 14.8 Å². The molecule has 0 amide bonds. The van der Waals surface area contributed by atoms with Gasteiger partial charge in [-0.25, -0.2) is 9.67 Å². The second-order valence-corrected chi connectivity index (χ2v) is 21.8. The standard InChI is InChI=1S/C60H62N4O/c1-57(2,3)42-23-29-53-50(33-42)49-27-25-45(36-54(49)64(53)56-32-40(30-31-61-56)48-26-22-43(58(4,5)6)34-52(48)60(10,11)12)65-55-35-44(24-28-51(55)59(7,8)9)63-38-41(37-62-63)47-21-17-16-20-46(47)39-18-14-13-15-19-39/h13-38H,1-12H3. The predicted octanol–water partition coefficient (Wildman–Crippen LogP) is 16.3. The first kappa shape index (κ1) is 43.5. The minimum absolute atomic E-state index is 0.0125. The highest BCUT2D eigenvalue weighted by Gasteiger charge is 2.26. The van der Waals surface area contributed by atoms with Crippen LogP contribution in [0.5, 0.6) is 11.5 Å². The first-order valence-electron chi connectivity index (χ1n) is 23.0. The van der Waals surface area contributed by atoms with Gasteiger partial charge in [0.2, 0.25) is 0 Å². The molecule has 0 atom stereocenters. The summed E-state index contributed by atoms with van der Waals surface area (Å²) in [5.41, 5.74) is 14.8. The van der Waals surface area contributed by atoms with E-state index in [-0.39, 0.29) is 21.7 Å². The average Bonchev–Trinajstić information content (AvgIpc) is 3.88. The van der Waals surface area contributed by atoms with Crippen LogP contribution >= 0.6 is 0 Å². The smallest absolute Gasteiger partial charge is 0.138 e. The Bertz CT molecular complexity index is 3210. The molecule has 5 nitrogen and oxygen atoms in total. The van der Waals surface area contributed by atoms with Crippen molar-refractivity contribution >= 4 is 21.8 Å². The lowest BCUT2D eigenvalue weighted by Gasteiger charge is -2.28. The van der Waals surface area contributed by atoms with Crippen LogP contribution in [0.4, 0.5) is 0 Å². The van der Waals surface area contributed by atoms with Gasteiger partial charge in [0, 0.05) is 46.4 Å². The van der Waals surface area contributed by atoms with Gasteiger partial charge >= 0.3 is 0 Å². The van der Waals surface area contributed by atoms with E-state index in [1.807, 2.05) is 17.1 Å². The van der Waals surface area contributed by atoms with Gasteiger partial charge in [0.25, 0.3) is 0 Å². The number of hydrogen-bond donors (Lipinski definition) is 0. The SMILES string of the molecule is CC(C)(C)c1ccc(-c2ccnc(-n3c4ccc(C(C)(C)C)cc4c4ccc(Oc5cc(-n6cc(-c7ccccc7-c7ccccc7)cn6)ccc5C(C)(C)C)cc43)c2)c(C(C)(C)C)c1. The molecule has 3 heterocycles. The molecule has 0 saturated heterocycles. The van der Waals surface area contributed by atoms with E-state index in [9.17, 15) is 0 Å². The Morgan fingerprint density at radius 2 is 1.12 bits per heavy atom. The van der Waals surface area contributed by atoms with Gasteiger partial charge in [0.05, 0.1) is 22.9 Å². The summed E-state index contributed by atoms with van der Waals surface area (Å²) in [6.45, 7) is 27.3. The Morgan fingerprint density at radius 1 is 0.462 bits per heavy atom. The molecule has 65 heavy (non-hydrogen) atoms. The molecule has 0 unspecified atom stereocenters. The van der Waals surface area contributed by atoms with Crippen molar-refractivity contribution in [3.63, 3.8) is 0 Å². The first-order valence-corrected chi connectivity index (χ1v) is 23.0. The summed E-state index contributed by atoms with van der Waals surface area (Å²) >= 11 is 0. The molecule has 9 rings (SSSR count). The molecule has 0 saturated carbocycles. The highest BCUT2D eigenvalue weighted by atomic mass is 16.5. The Balaban J connectivity index is 1.16. The maximum Gasteiger partial charge on any atom is 0.138 e. The van der Waals surface area contributed by atoms with Gasteiger partial charge in [-0.05, 0) is 109 Å². The number of aromatic nitrogens is 4. The van der Waals surface area contributed by atoms with E-state index in [0.29, 0.717) is 0 Å². The van der Waals surface area contributed by atoms with Crippen molar-refractivity contribution in [3.8, 4) is 56.4 Å². The van der Waals surface area contributed by atoms with Crippen molar-refractivity contribution in [1.29, 1.82) is 0 Å². The van der Waals surface area contributed by atoms with Gasteiger partial charge in [0.1, 0.15) is 17.3 Å². The van der Waals surface area contributed by atoms with E-state index in [1.165, 1.54) is 38.8 Å². The monoisotopic (exact) mass is 854 g/mol. The molecule has 0 aliphatic heterocycles. The zero-order chi connectivity index (χ0) is 46.1. The van der Waals surface area contributed by atoms with Gasteiger partial charge in [-0.3, -0.25) is 4.57 Å². The summed E-state index contributed by atoms with van der Waals surface area (Å²) in [7, 11) is 0. The second kappa shape index (κ2) is 16.1. The van der Waals surface area contributed by atoms with Crippen molar-refractivity contribution in [2.45, 2.75) is 105 Å². The fourth-order valence-electron chi connectivity index (χ4n) is 9.06. The van der Waals surface area contributed by atoms with Crippen molar-refractivity contribution in [2.24, 2.45) is 0 Å². The number of benzene rings is 6. The summed E-state index contributed by atoms with van der Waals surface area (Å²) < 4.78 is 11.3. The van der Waals surface area contributed by atoms with Crippen LogP contribution in [0, 0.1) is 0 Å². The minimum atomic E-state index is -0.179. The molecule has 0 fully saturated rings. The molecule has 3 aromatic heterocycles. The van der Waals surface area contributed by atoms with Crippen molar-refractivity contribution in [1.82, 2.24) is 19.3 Å². The van der Waals surface area contributed by atoms with Gasteiger partial charge < -0.3 is 4.74 Å². The van der Waals surface area contributed by atoms with Crippen LogP contribution in [-0.2, 0) is 21.7 Å². The fraction of sp³-hybridized carbons (Fsp3) is 0.267. The summed E-state index contributed by atoms with van der Waals surface area (Å²) in [5.74, 6) is 2.41. The largest absolute Gasteiger partial charge is 0.457 e. The van der Waals surface area contributed by atoms with Crippen LogP contribution in [0.1, 0.15) is 105 Å². The van der Waals surface area contributed by atoms with E-state index in [0.717, 1.165) is 61.7 Å². The van der Waals surface area contributed by atoms with Crippen LogP contribution in [0.2, 0.25) is 0 Å². The van der Waals surface area contributed by atoms with Crippen LogP contribution in [-0.4, -0.2) is 19.3 Å². The third-order valence-electron chi connectivity index (χ3n) is 12.8. The fourth-order valence-corrected chi connectivity index (χ4v) is 9.06. The van der Waals surface area contributed by atoms with Gasteiger partial charge in [-0.15, -0.1) is 0 Å². The van der Waals surface area contributed by atoms with Crippen molar-refractivity contribution in [2.75, 3.05) is 0 Å². The Morgan fingerprint density at radius 3 is 1.82 bits per heavy atom. The Kier molecular flexibility index (Phi) is 10.8. The predicted molar refractivity (Wildman–Crippen MR) is 273 cm³/mol. The van der Waals surface area contributed by atoms with Crippen LogP contribution in [0.15, 0.2) is 158 Å². The third-order valence-corrected chi connectivity index (χ3v) is 12.8. The van der Waals surface area contributed by atoms with Crippen LogP contribution in [0.25, 0.3) is 66.7 Å². The molecule has 5 heteroatoms. The number of nitrogens with zero attached hydrogens (tertiary/aromatic N) is 4. The van der Waals surface area contributed by atoms with E-state index in [1.54, 1.807) is 0 Å². The average molecular weight is 855 g/mol. The van der Waals surface area contributed by atoms with Gasteiger partial charge in [-0.2, -0.15) is 5.10 Å². The van der Waals surface area contributed by atoms with Gasteiger partial charge in [0.15, 0.2) is 0 Å². The molecule has 0 bridgehead atoms. The summed E-state index contributed by atoms with van der Waals surface area (Å²) in [6.07, 6.45) is 6.02. The quantitative estimate of drug-likeness (QED) is 0.160. The van der Waals surface area contributed by atoms with Crippen LogP contribution in [0.3, 0.4) is 0 Å². The van der Waals surface area contributed by atoms with Gasteiger partial charge in [-0.1, -0.05) is 168 Å². The normalized spacial score (nSPS) is 12.6. The lowest BCUT2D eigenvalue weighted by atomic mass is 9.77. The number of ether oxygens (including phenoxy) is 1. The zero-order valence-corrected chi connectivity index (χ0v) is 40.2. The summed E-state index contributed by atoms with van der Waals surface area (Å²) in [6, 6.07) is 50.3. The molecule has 328 valence electrons. The molecule has 6 aromatic carbocycles. The van der Waals surface area contributed by atoms with E-state index < -0.39 is 0 Å². The maximum absolute atomic E-state index is 7.05. The highest BCUT2D eigenvalue weighted by molar-refractivity contribution is 6.10. The van der Waals surface area contributed by atoms with E-state index in [2.05, 4.69) is 233 Å². The highest BCUT2D eigenvalue weighted by Crippen LogP contribution is 2.42. The number of hydrogen-bond acceptors (Lipinski definition) is 3. The maximum atomic E-state index is 7.05. The lowest BCUT2D eigenvalue weighted by Crippen LogP contribution is -2.17. The zero-order valence-electron chi connectivity index (χ0n) is 40.2. The second-order valence-electron chi connectivity index (χ2n) is 21.8. The molecule has 0 spiro atoms. The molecule has 0 aliphatic carbocycles. The molecule has 9 aromatic rings. The number of fused-ring (bicyclic) bond motifs is 3. The molecular formula is C60H62N4O. The topological polar surface area (TPSA) is 44.9 Å². The first-order chi connectivity index (χ1) is 30.7. The van der Waals surface area contributed by atoms with Crippen molar-refractivity contribution < 1.29 is 4.74 Å². The van der Waals surface area contributed by atoms with Crippen molar-refractivity contribution in [3.05, 3.63) is 180 Å². The number of pyridine rings is 1. The lowest BCUT2D eigenvalue weighted by molar-refractivity contribution is 0.455. The molecular weight excluding hydrogens is 793 g/mol. The van der Waals surface area contributed by atoms with Crippen LogP contribution < -0.4 is 4.74 Å². The third kappa shape index (κ3) is 8.53. The minimum Gasteiger partial charge on any atom is -0.457 e. The molecule has 0 radical (unpaired) electrons. The van der Waals surface area contributed by atoms with E-state index >= 15 is 0 Å². The summed E-state index contributed by atoms with van der Waals surface area (Å²) in [5, 5.41) is 7.23. The Labute approximate surface area is 385 Å². The summed E-state index contributed by atoms with van der Waals surface area (Å²) in [4.78, 5) is 5.09.